The number of piperazine rings is 1. The summed E-state index contributed by atoms with van der Waals surface area (Å²) in [6, 6.07) is 4.64. The molecule has 40 heavy (non-hydrogen) atoms. The van der Waals surface area contributed by atoms with Gasteiger partial charge in [-0.1, -0.05) is 11.6 Å². The molecule has 1 fully saturated rings. The number of rotatable bonds is 7. The second kappa shape index (κ2) is 10.7. The second-order valence-corrected chi connectivity index (χ2v) is 13.7. The fourth-order valence-corrected chi connectivity index (χ4v) is 8.32. The van der Waals surface area contributed by atoms with Crippen molar-refractivity contribution in [1.29, 1.82) is 0 Å². The van der Waals surface area contributed by atoms with Gasteiger partial charge in [0, 0.05) is 65.7 Å². The van der Waals surface area contributed by atoms with Gasteiger partial charge in [0.2, 0.25) is 11.8 Å². The molecule has 2 aliphatic rings. The van der Waals surface area contributed by atoms with Crippen molar-refractivity contribution in [3.8, 4) is 0 Å². The van der Waals surface area contributed by atoms with Gasteiger partial charge in [-0.3, -0.25) is 19.3 Å². The maximum Gasteiger partial charge on any atom is 0.283 e. The van der Waals surface area contributed by atoms with Crippen molar-refractivity contribution in [1.82, 2.24) is 24.1 Å². The number of carbonyl (C=O) groups excluding carboxylic acids is 3. The first-order chi connectivity index (χ1) is 18.8. The molecule has 12 nitrogen and oxygen atoms in total. The Kier molecular flexibility index (Phi) is 7.65. The van der Waals surface area contributed by atoms with Crippen LogP contribution in [0.2, 0.25) is 5.02 Å². The Labute approximate surface area is 240 Å². The monoisotopic (exact) mass is 607 g/mol. The minimum absolute atomic E-state index is 0.0779. The lowest BCUT2D eigenvalue weighted by atomic mass is 10.0. The summed E-state index contributed by atoms with van der Waals surface area (Å²) in [5.41, 5.74) is 12.5. The van der Waals surface area contributed by atoms with Crippen LogP contribution >= 0.6 is 22.9 Å². The average molecular weight is 608 g/mol. The lowest BCUT2D eigenvalue weighted by molar-refractivity contribution is -0.120. The van der Waals surface area contributed by atoms with Crippen molar-refractivity contribution >= 4 is 61.6 Å². The van der Waals surface area contributed by atoms with Crippen molar-refractivity contribution in [3.63, 3.8) is 0 Å². The highest BCUT2D eigenvalue weighted by atomic mass is 35.5. The zero-order valence-electron chi connectivity index (χ0n) is 22.0. The van der Waals surface area contributed by atoms with E-state index in [9.17, 15) is 22.8 Å². The Bertz CT molecular complexity index is 1580. The number of thiazole rings is 1. The Morgan fingerprint density at radius 2 is 1.77 bits per heavy atom. The number of benzene rings is 1. The number of aromatic nitrogens is 2. The van der Waals surface area contributed by atoms with Crippen LogP contribution in [-0.4, -0.2) is 89.0 Å². The van der Waals surface area contributed by atoms with Crippen LogP contribution in [-0.2, 0) is 26.0 Å². The highest BCUT2D eigenvalue weighted by Crippen LogP contribution is 2.35. The SMILES string of the molecule is CC1c2sc(C(=O)N3C(CC(N)=O)CN(S(=O)(=O)c4cc5cc(Cl)ccc5[nH]4)CC3CC(N)=O)nc2CCN1C. The molecule has 0 spiro atoms. The van der Waals surface area contributed by atoms with Crippen molar-refractivity contribution in [2.24, 2.45) is 11.5 Å². The van der Waals surface area contributed by atoms with Gasteiger partial charge in [0.25, 0.3) is 15.9 Å². The van der Waals surface area contributed by atoms with E-state index in [4.69, 9.17) is 23.1 Å². The minimum atomic E-state index is -4.13. The molecule has 3 amide bonds. The topological polar surface area (TPSA) is 176 Å². The lowest BCUT2D eigenvalue weighted by Gasteiger charge is -2.45. The molecule has 4 heterocycles. The van der Waals surface area contributed by atoms with Gasteiger partial charge >= 0.3 is 0 Å². The van der Waals surface area contributed by atoms with Crippen LogP contribution in [0.4, 0.5) is 0 Å². The van der Waals surface area contributed by atoms with E-state index in [2.05, 4.69) is 14.9 Å². The first kappa shape index (κ1) is 28.5. The molecule has 1 aromatic carbocycles. The third-order valence-corrected chi connectivity index (χ3v) is 10.8. The number of nitrogens with zero attached hydrogens (tertiary/aromatic N) is 4. The molecule has 3 atom stereocenters. The smallest absolute Gasteiger partial charge is 0.283 e. The quantitative estimate of drug-likeness (QED) is 0.364. The van der Waals surface area contributed by atoms with Gasteiger partial charge in [-0.15, -0.1) is 11.3 Å². The van der Waals surface area contributed by atoms with Gasteiger partial charge in [-0.05, 0) is 38.2 Å². The number of amides is 3. The number of likely N-dealkylation sites (N-methyl/N-ethyl adjacent to an activating group) is 1. The van der Waals surface area contributed by atoms with E-state index in [1.54, 1.807) is 18.2 Å². The summed E-state index contributed by atoms with van der Waals surface area (Å²) < 4.78 is 28.7. The number of hydrogen-bond acceptors (Lipinski definition) is 8. The summed E-state index contributed by atoms with van der Waals surface area (Å²) in [6.07, 6.45) is 0.0796. The second-order valence-electron chi connectivity index (χ2n) is 10.3. The first-order valence-corrected chi connectivity index (χ1v) is 15.4. The molecule has 0 saturated carbocycles. The Morgan fingerprint density at radius 1 is 1.12 bits per heavy atom. The molecule has 1 saturated heterocycles. The largest absolute Gasteiger partial charge is 0.370 e. The van der Waals surface area contributed by atoms with Crippen LogP contribution in [0.25, 0.3) is 10.9 Å². The number of aromatic amines is 1. The zero-order chi connectivity index (χ0) is 28.9. The van der Waals surface area contributed by atoms with Crippen molar-refractivity contribution < 1.29 is 22.8 Å². The van der Waals surface area contributed by atoms with Crippen LogP contribution < -0.4 is 11.5 Å². The molecule has 0 aliphatic carbocycles. The van der Waals surface area contributed by atoms with E-state index < -0.39 is 39.8 Å². The van der Waals surface area contributed by atoms with Gasteiger partial charge in [-0.2, -0.15) is 4.31 Å². The van der Waals surface area contributed by atoms with E-state index >= 15 is 0 Å². The maximum absolute atomic E-state index is 13.9. The third kappa shape index (κ3) is 5.33. The van der Waals surface area contributed by atoms with Gasteiger partial charge in [0.15, 0.2) is 5.01 Å². The van der Waals surface area contributed by atoms with Crippen LogP contribution in [0, 0.1) is 0 Å². The predicted molar refractivity (Wildman–Crippen MR) is 150 cm³/mol. The van der Waals surface area contributed by atoms with Crippen LogP contribution in [0.15, 0.2) is 29.3 Å². The molecule has 5 rings (SSSR count). The number of halogens is 1. The number of sulfonamides is 1. The van der Waals surface area contributed by atoms with E-state index in [0.29, 0.717) is 22.3 Å². The fourth-order valence-electron chi connectivity index (χ4n) is 5.44. The number of nitrogens with two attached hydrogens (primary N) is 2. The van der Waals surface area contributed by atoms with Gasteiger partial charge < -0.3 is 21.4 Å². The number of carbonyl (C=O) groups is 3. The van der Waals surface area contributed by atoms with Crippen LogP contribution in [0.1, 0.15) is 46.2 Å². The lowest BCUT2D eigenvalue weighted by Crippen LogP contribution is -2.62. The summed E-state index contributed by atoms with van der Waals surface area (Å²) in [5.74, 6) is -1.91. The molecule has 0 radical (unpaired) electrons. The highest BCUT2D eigenvalue weighted by Gasteiger charge is 2.44. The summed E-state index contributed by atoms with van der Waals surface area (Å²) in [4.78, 5) is 50.2. The van der Waals surface area contributed by atoms with Crippen LogP contribution in [0.3, 0.4) is 0 Å². The average Bonchev–Trinajstić information content (AvgIpc) is 3.50. The van der Waals surface area contributed by atoms with Gasteiger partial charge in [0.05, 0.1) is 17.8 Å². The molecular weight excluding hydrogens is 578 g/mol. The maximum atomic E-state index is 13.9. The molecule has 214 valence electrons. The number of H-pyrrole nitrogens is 1. The molecular formula is C25H30ClN7O5S2. The summed E-state index contributed by atoms with van der Waals surface area (Å²) in [7, 11) is -2.13. The third-order valence-electron chi connectivity index (χ3n) is 7.55. The summed E-state index contributed by atoms with van der Waals surface area (Å²) in [5, 5.41) is 1.20. The Balaban J connectivity index is 1.51. The molecule has 3 aromatic rings. The predicted octanol–water partition coefficient (Wildman–Crippen LogP) is 1.46. The molecule has 2 aliphatic heterocycles. The van der Waals surface area contributed by atoms with Crippen molar-refractivity contribution in [3.05, 3.63) is 44.9 Å². The number of hydrogen-bond donors (Lipinski definition) is 3. The number of fused-ring (bicyclic) bond motifs is 2. The Hall–Kier alpha value is -3.04. The Morgan fingerprint density at radius 3 is 2.40 bits per heavy atom. The molecule has 3 unspecified atom stereocenters. The molecule has 15 heteroatoms. The standard InChI is InChI=1S/C25H30ClN7O5S2/c1-13-23-19(5-6-31(13)2)30-24(39-23)25(36)33-16(9-20(27)34)11-32(12-17(33)10-21(28)35)40(37,38)22-8-14-7-15(26)3-4-18(14)29-22/h3-4,7-8,13,16-17,29H,5-6,9-12H2,1-2H3,(H2,27,34)(H2,28,35). The first-order valence-electron chi connectivity index (χ1n) is 12.7. The van der Waals surface area contributed by atoms with Crippen molar-refractivity contribution in [2.45, 2.75) is 49.3 Å². The number of nitrogens with one attached hydrogen (secondary N) is 1. The zero-order valence-corrected chi connectivity index (χ0v) is 24.4. The van der Waals surface area contributed by atoms with Crippen LogP contribution in [0.5, 0.6) is 0 Å². The van der Waals surface area contributed by atoms with Gasteiger partial charge in [0.1, 0.15) is 5.03 Å². The summed E-state index contributed by atoms with van der Waals surface area (Å²) in [6.45, 7) is 2.44. The van der Waals surface area contributed by atoms with E-state index in [1.165, 1.54) is 22.3 Å². The summed E-state index contributed by atoms with van der Waals surface area (Å²) >= 11 is 7.34. The number of primary amides is 2. The fraction of sp³-hybridized carbons (Fsp3) is 0.440. The molecule has 2 aromatic heterocycles. The molecule has 0 bridgehead atoms. The van der Waals surface area contributed by atoms with Gasteiger partial charge in [-0.25, -0.2) is 13.4 Å². The minimum Gasteiger partial charge on any atom is -0.370 e. The normalized spacial score (nSPS) is 22.4. The highest BCUT2D eigenvalue weighted by molar-refractivity contribution is 7.89. The van der Waals surface area contributed by atoms with E-state index in [1.807, 2.05) is 14.0 Å². The van der Waals surface area contributed by atoms with E-state index in [0.717, 1.165) is 21.4 Å². The van der Waals surface area contributed by atoms with Crippen molar-refractivity contribution in [2.75, 3.05) is 26.7 Å². The van der Waals surface area contributed by atoms with E-state index in [-0.39, 0.29) is 42.0 Å². The molecule has 5 N–H and O–H groups in total.